The van der Waals surface area contributed by atoms with Crippen LogP contribution in [0.4, 0.5) is 0 Å². The third-order valence-electron chi connectivity index (χ3n) is 6.02. The quantitative estimate of drug-likeness (QED) is 0.344. The third-order valence-corrected chi connectivity index (χ3v) is 6.69. The van der Waals surface area contributed by atoms with E-state index in [1.54, 1.807) is 0 Å². The van der Waals surface area contributed by atoms with E-state index < -0.39 is 0 Å². The molecule has 1 aromatic carbocycles. The van der Waals surface area contributed by atoms with Gasteiger partial charge in [-0.25, -0.2) is 9.97 Å². The molecule has 0 radical (unpaired) electrons. The van der Waals surface area contributed by atoms with Crippen LogP contribution in [0.2, 0.25) is 10.2 Å². The molecule has 0 saturated heterocycles. The molecule has 142 valence electrons. The Morgan fingerprint density at radius 2 is 1.96 bits per heavy atom. The standard InChI is InChI=1S/C23H21Cl2N3/c24-20-14-18-7-5-16(13-21(18)27-22(20)25)4-3-15-6-8-19(12-15)28-11-9-17-2-1-10-26-23(17)28/h1-2,5,7,9-11,13-15,19H,3-4,6,8,12H2. The average molecular weight is 410 g/mol. The Bertz CT molecular complexity index is 1150. The predicted molar refractivity (Wildman–Crippen MR) is 116 cm³/mol. The van der Waals surface area contributed by atoms with E-state index in [1.165, 1.54) is 36.6 Å². The van der Waals surface area contributed by atoms with Crippen molar-refractivity contribution < 1.29 is 0 Å². The summed E-state index contributed by atoms with van der Waals surface area (Å²) in [7, 11) is 0. The summed E-state index contributed by atoms with van der Waals surface area (Å²) >= 11 is 12.1. The number of pyridine rings is 2. The zero-order valence-corrected chi connectivity index (χ0v) is 17.0. The number of hydrogen-bond donors (Lipinski definition) is 0. The van der Waals surface area contributed by atoms with Crippen molar-refractivity contribution in [2.75, 3.05) is 0 Å². The van der Waals surface area contributed by atoms with Crippen molar-refractivity contribution in [3.63, 3.8) is 0 Å². The van der Waals surface area contributed by atoms with Gasteiger partial charge in [0, 0.05) is 29.2 Å². The molecule has 1 fully saturated rings. The Kier molecular flexibility index (Phi) is 4.73. The van der Waals surface area contributed by atoms with Crippen molar-refractivity contribution in [1.82, 2.24) is 14.5 Å². The van der Waals surface area contributed by atoms with Gasteiger partial charge in [0.2, 0.25) is 0 Å². The SMILES string of the molecule is Clc1cc2ccc(CCC3CCC(n4ccc5cccnc54)C3)cc2nc1Cl. The highest BCUT2D eigenvalue weighted by atomic mass is 35.5. The first-order valence-electron chi connectivity index (χ1n) is 9.83. The molecule has 3 heterocycles. The maximum Gasteiger partial charge on any atom is 0.148 e. The molecular weight excluding hydrogens is 389 g/mol. The van der Waals surface area contributed by atoms with E-state index in [-0.39, 0.29) is 0 Å². The van der Waals surface area contributed by atoms with Crippen molar-refractivity contribution >= 4 is 45.1 Å². The van der Waals surface area contributed by atoms with E-state index >= 15 is 0 Å². The number of hydrogen-bond acceptors (Lipinski definition) is 2. The van der Waals surface area contributed by atoms with Crippen LogP contribution in [-0.2, 0) is 6.42 Å². The Morgan fingerprint density at radius 3 is 2.89 bits per heavy atom. The van der Waals surface area contributed by atoms with E-state index in [0.717, 1.165) is 28.9 Å². The molecular formula is C23H21Cl2N3. The molecule has 5 rings (SSSR count). The van der Waals surface area contributed by atoms with Crippen LogP contribution in [0.15, 0.2) is 54.9 Å². The summed E-state index contributed by atoms with van der Waals surface area (Å²) in [6.45, 7) is 0. The topological polar surface area (TPSA) is 30.7 Å². The fourth-order valence-electron chi connectivity index (χ4n) is 4.53. The first-order chi connectivity index (χ1) is 13.7. The zero-order valence-electron chi connectivity index (χ0n) is 15.5. The van der Waals surface area contributed by atoms with Gasteiger partial charge >= 0.3 is 0 Å². The minimum Gasteiger partial charge on any atom is -0.329 e. The lowest BCUT2D eigenvalue weighted by molar-refractivity contribution is 0.461. The van der Waals surface area contributed by atoms with Crippen LogP contribution in [0, 0.1) is 5.92 Å². The highest BCUT2D eigenvalue weighted by molar-refractivity contribution is 6.41. The lowest BCUT2D eigenvalue weighted by Crippen LogP contribution is -2.05. The van der Waals surface area contributed by atoms with Crippen molar-refractivity contribution in [3.8, 4) is 0 Å². The van der Waals surface area contributed by atoms with Gasteiger partial charge in [0.25, 0.3) is 0 Å². The summed E-state index contributed by atoms with van der Waals surface area (Å²) < 4.78 is 2.38. The monoisotopic (exact) mass is 409 g/mol. The van der Waals surface area contributed by atoms with Gasteiger partial charge in [0.1, 0.15) is 10.8 Å². The molecule has 28 heavy (non-hydrogen) atoms. The van der Waals surface area contributed by atoms with Crippen molar-refractivity contribution in [1.29, 1.82) is 0 Å². The van der Waals surface area contributed by atoms with Gasteiger partial charge in [-0.1, -0.05) is 35.3 Å². The predicted octanol–water partition coefficient (Wildman–Crippen LogP) is 6.87. The number of halogens is 2. The molecule has 1 saturated carbocycles. The normalized spacial score (nSPS) is 19.6. The first kappa shape index (κ1) is 18.0. The summed E-state index contributed by atoms with van der Waals surface area (Å²) in [6, 6.07) is 15.2. The van der Waals surface area contributed by atoms with Gasteiger partial charge in [-0.2, -0.15) is 0 Å². The van der Waals surface area contributed by atoms with Crippen molar-refractivity contribution in [2.45, 2.75) is 38.1 Å². The van der Waals surface area contributed by atoms with E-state index in [9.17, 15) is 0 Å². The highest BCUT2D eigenvalue weighted by Crippen LogP contribution is 2.38. The summed E-state index contributed by atoms with van der Waals surface area (Å²) in [5.41, 5.74) is 3.35. The van der Waals surface area contributed by atoms with E-state index in [2.05, 4.69) is 51.1 Å². The fraction of sp³-hybridized carbons (Fsp3) is 0.304. The minimum atomic E-state index is 0.373. The number of aryl methyl sites for hydroxylation is 1. The summed E-state index contributed by atoms with van der Waals surface area (Å²) in [5.74, 6) is 0.753. The third kappa shape index (κ3) is 3.38. The number of rotatable bonds is 4. The molecule has 3 nitrogen and oxygen atoms in total. The largest absolute Gasteiger partial charge is 0.329 e. The van der Waals surface area contributed by atoms with E-state index in [1.807, 2.05) is 18.3 Å². The molecule has 2 unspecified atom stereocenters. The lowest BCUT2D eigenvalue weighted by atomic mass is 9.97. The van der Waals surface area contributed by atoms with Crippen LogP contribution in [-0.4, -0.2) is 14.5 Å². The Morgan fingerprint density at radius 1 is 1.04 bits per heavy atom. The second-order valence-corrected chi connectivity index (χ2v) is 8.56. The smallest absolute Gasteiger partial charge is 0.148 e. The molecule has 3 aromatic heterocycles. The first-order valence-corrected chi connectivity index (χ1v) is 10.6. The van der Waals surface area contributed by atoms with Crippen LogP contribution in [0.5, 0.6) is 0 Å². The molecule has 0 aliphatic heterocycles. The fourth-order valence-corrected chi connectivity index (χ4v) is 4.84. The molecule has 0 amide bonds. The molecule has 2 atom stereocenters. The van der Waals surface area contributed by atoms with Crippen LogP contribution < -0.4 is 0 Å². The van der Waals surface area contributed by atoms with Gasteiger partial charge in [0.05, 0.1) is 10.5 Å². The molecule has 1 aliphatic carbocycles. The van der Waals surface area contributed by atoms with E-state index in [4.69, 9.17) is 23.2 Å². The Balaban J connectivity index is 1.26. The maximum atomic E-state index is 6.08. The number of benzene rings is 1. The summed E-state index contributed by atoms with van der Waals surface area (Å²) in [6.07, 6.45) is 10.1. The summed E-state index contributed by atoms with van der Waals surface area (Å²) in [5, 5.41) is 3.14. The van der Waals surface area contributed by atoms with Crippen LogP contribution in [0.25, 0.3) is 21.9 Å². The van der Waals surface area contributed by atoms with Gasteiger partial charge in [-0.15, -0.1) is 0 Å². The average Bonchev–Trinajstić information content (AvgIpc) is 3.34. The molecule has 0 N–H and O–H groups in total. The second-order valence-electron chi connectivity index (χ2n) is 7.80. The lowest BCUT2D eigenvalue weighted by Gasteiger charge is -2.14. The molecule has 0 spiro atoms. The number of fused-ring (bicyclic) bond motifs is 2. The van der Waals surface area contributed by atoms with Gasteiger partial charge in [-0.05, 0) is 73.9 Å². The highest BCUT2D eigenvalue weighted by Gasteiger charge is 2.26. The van der Waals surface area contributed by atoms with Gasteiger partial charge in [0.15, 0.2) is 0 Å². The molecule has 1 aliphatic rings. The number of aromatic nitrogens is 3. The maximum absolute atomic E-state index is 6.08. The molecule has 5 heteroatoms. The van der Waals surface area contributed by atoms with Gasteiger partial charge in [-0.3, -0.25) is 0 Å². The minimum absolute atomic E-state index is 0.373. The van der Waals surface area contributed by atoms with Crippen LogP contribution in [0.3, 0.4) is 0 Å². The Labute approximate surface area is 174 Å². The second kappa shape index (κ2) is 7.38. The Hall–Kier alpha value is -2.10. The zero-order chi connectivity index (χ0) is 19.1. The van der Waals surface area contributed by atoms with Crippen molar-refractivity contribution in [3.05, 3.63) is 70.6 Å². The van der Waals surface area contributed by atoms with Crippen molar-refractivity contribution in [2.24, 2.45) is 5.92 Å². The summed E-state index contributed by atoms with van der Waals surface area (Å²) in [4.78, 5) is 9.00. The van der Waals surface area contributed by atoms with Gasteiger partial charge < -0.3 is 4.57 Å². The molecule has 0 bridgehead atoms. The van der Waals surface area contributed by atoms with E-state index in [0.29, 0.717) is 16.2 Å². The van der Waals surface area contributed by atoms with Crippen LogP contribution in [0.1, 0.15) is 37.3 Å². The van der Waals surface area contributed by atoms with Crippen LogP contribution >= 0.6 is 23.2 Å². The number of nitrogens with zero attached hydrogens (tertiary/aromatic N) is 3. The molecule has 4 aromatic rings.